The van der Waals surface area contributed by atoms with Crippen LogP contribution in [0.4, 0.5) is 0 Å². The number of halogens is 1. The molecule has 0 saturated carbocycles. The first kappa shape index (κ1) is 19.2. The lowest BCUT2D eigenvalue weighted by molar-refractivity contribution is -0.119. The first-order valence-electron chi connectivity index (χ1n) is 8.07. The summed E-state index contributed by atoms with van der Waals surface area (Å²) in [5.41, 5.74) is 3.32. The summed E-state index contributed by atoms with van der Waals surface area (Å²) in [6.45, 7) is 0. The van der Waals surface area contributed by atoms with E-state index in [-0.39, 0.29) is 6.42 Å². The third-order valence-corrected chi connectivity index (χ3v) is 4.88. The molecule has 0 atom stereocenters. The van der Waals surface area contributed by atoms with Gasteiger partial charge in [0.05, 0.1) is 17.6 Å². The van der Waals surface area contributed by atoms with Crippen LogP contribution in [0.25, 0.3) is 16.9 Å². The highest BCUT2D eigenvalue weighted by molar-refractivity contribution is 9.10. The van der Waals surface area contributed by atoms with Crippen molar-refractivity contribution >= 4 is 31.9 Å². The van der Waals surface area contributed by atoms with Gasteiger partial charge in [-0.2, -0.15) is 5.10 Å². The monoisotopic (exact) mass is 448 g/mol. The maximum Gasteiger partial charge on any atom is 0.233 e. The van der Waals surface area contributed by atoms with Crippen molar-refractivity contribution in [1.82, 2.24) is 19.5 Å². The largest absolute Gasteiger partial charge is 0.274 e. The van der Waals surface area contributed by atoms with Gasteiger partial charge in [-0.05, 0) is 48.4 Å². The molecule has 2 heterocycles. The summed E-state index contributed by atoms with van der Waals surface area (Å²) < 4.78 is 27.1. The molecule has 0 aliphatic heterocycles. The molecule has 0 bridgehead atoms. The molecule has 9 heteroatoms. The lowest BCUT2D eigenvalue weighted by atomic mass is 10.1. The van der Waals surface area contributed by atoms with Crippen molar-refractivity contribution in [2.45, 2.75) is 12.8 Å². The molecule has 0 fully saturated rings. The first-order chi connectivity index (χ1) is 12.8. The van der Waals surface area contributed by atoms with Crippen molar-refractivity contribution in [2.75, 3.05) is 6.26 Å². The van der Waals surface area contributed by atoms with Crippen LogP contribution < -0.4 is 4.72 Å². The number of pyridine rings is 1. The van der Waals surface area contributed by atoms with Crippen LogP contribution in [-0.4, -0.2) is 35.3 Å². The molecule has 0 radical (unpaired) electrons. The normalized spacial score (nSPS) is 11.3. The smallest absolute Gasteiger partial charge is 0.233 e. The maximum absolute atomic E-state index is 11.9. The van der Waals surface area contributed by atoms with E-state index in [0.29, 0.717) is 6.42 Å². The molecule has 0 spiro atoms. The van der Waals surface area contributed by atoms with Gasteiger partial charge in [-0.1, -0.05) is 15.9 Å². The highest BCUT2D eigenvalue weighted by atomic mass is 79.9. The first-order valence-corrected chi connectivity index (χ1v) is 10.8. The van der Waals surface area contributed by atoms with Crippen molar-refractivity contribution in [3.8, 4) is 16.9 Å². The van der Waals surface area contributed by atoms with E-state index in [9.17, 15) is 13.2 Å². The number of carbonyl (C=O) groups excluding carboxylic acids is 1. The quantitative estimate of drug-likeness (QED) is 0.625. The second-order valence-electron chi connectivity index (χ2n) is 5.96. The predicted molar refractivity (Wildman–Crippen MR) is 106 cm³/mol. The van der Waals surface area contributed by atoms with Gasteiger partial charge in [0.25, 0.3) is 0 Å². The Morgan fingerprint density at radius 3 is 2.44 bits per heavy atom. The van der Waals surface area contributed by atoms with E-state index in [1.54, 1.807) is 17.1 Å². The second kappa shape index (κ2) is 8.01. The molecule has 1 aromatic carbocycles. The average molecular weight is 449 g/mol. The zero-order valence-corrected chi connectivity index (χ0v) is 16.9. The van der Waals surface area contributed by atoms with Gasteiger partial charge in [-0.15, -0.1) is 0 Å². The van der Waals surface area contributed by atoms with Crippen LogP contribution >= 0.6 is 15.9 Å². The van der Waals surface area contributed by atoms with E-state index >= 15 is 0 Å². The van der Waals surface area contributed by atoms with E-state index < -0.39 is 15.9 Å². The minimum atomic E-state index is -3.56. The molecular formula is C18H17BrN4O3S. The Hall–Kier alpha value is -2.52. The van der Waals surface area contributed by atoms with Crippen molar-refractivity contribution in [3.63, 3.8) is 0 Å². The predicted octanol–water partition coefficient (Wildman–Crippen LogP) is 2.71. The number of sulfonamides is 1. The highest BCUT2D eigenvalue weighted by Crippen LogP contribution is 2.25. The fourth-order valence-electron chi connectivity index (χ4n) is 2.58. The Morgan fingerprint density at radius 1 is 1.15 bits per heavy atom. The van der Waals surface area contributed by atoms with E-state index in [1.807, 2.05) is 47.3 Å². The zero-order chi connectivity index (χ0) is 19.4. The minimum absolute atomic E-state index is 0.0389. The van der Waals surface area contributed by atoms with Crippen LogP contribution in [0.1, 0.15) is 12.0 Å². The van der Waals surface area contributed by atoms with Crippen LogP contribution in [0, 0.1) is 0 Å². The van der Waals surface area contributed by atoms with Crippen molar-refractivity contribution in [3.05, 3.63) is 65.0 Å². The van der Waals surface area contributed by atoms with Gasteiger partial charge < -0.3 is 0 Å². The van der Waals surface area contributed by atoms with Gasteiger partial charge >= 0.3 is 0 Å². The molecule has 0 aliphatic rings. The lowest BCUT2D eigenvalue weighted by Gasteiger charge is -2.03. The Bertz CT molecular complexity index is 1050. The molecule has 140 valence electrons. The highest BCUT2D eigenvalue weighted by Gasteiger charge is 2.15. The van der Waals surface area contributed by atoms with Gasteiger partial charge in [0.15, 0.2) is 0 Å². The number of amides is 1. The Balaban J connectivity index is 1.91. The van der Waals surface area contributed by atoms with E-state index in [4.69, 9.17) is 0 Å². The fourth-order valence-corrected chi connectivity index (χ4v) is 3.36. The van der Waals surface area contributed by atoms with E-state index in [1.165, 1.54) is 0 Å². The number of aromatic nitrogens is 3. The summed E-state index contributed by atoms with van der Waals surface area (Å²) in [6, 6.07) is 11.4. The topological polar surface area (TPSA) is 94.0 Å². The van der Waals surface area contributed by atoms with Crippen LogP contribution in [0.2, 0.25) is 0 Å². The Labute approximate surface area is 165 Å². The fraction of sp³-hybridized carbons (Fsp3) is 0.167. The molecule has 2 aromatic heterocycles. The summed E-state index contributed by atoms with van der Waals surface area (Å²) in [4.78, 5) is 15.9. The Kier molecular flexibility index (Phi) is 5.71. The molecule has 27 heavy (non-hydrogen) atoms. The van der Waals surface area contributed by atoms with Gasteiger partial charge in [0.2, 0.25) is 15.9 Å². The molecule has 0 unspecified atom stereocenters. The van der Waals surface area contributed by atoms with Crippen LogP contribution in [-0.2, 0) is 21.2 Å². The molecule has 3 aromatic rings. The number of aryl methyl sites for hydroxylation is 1. The maximum atomic E-state index is 11.9. The van der Waals surface area contributed by atoms with Crippen LogP contribution in [0.15, 0.2) is 59.5 Å². The average Bonchev–Trinajstić information content (AvgIpc) is 3.04. The third-order valence-electron chi connectivity index (χ3n) is 3.76. The molecule has 1 N–H and O–H groups in total. The second-order valence-corrected chi connectivity index (χ2v) is 8.62. The van der Waals surface area contributed by atoms with Crippen LogP contribution in [0.5, 0.6) is 0 Å². The summed E-state index contributed by atoms with van der Waals surface area (Å²) in [5.74, 6) is -0.547. The SMILES string of the molecule is CS(=O)(=O)NC(=O)CCc1cn(-c2ccc(Br)cc2)nc1-c1ccncc1. The van der Waals surface area contributed by atoms with Crippen molar-refractivity contribution in [2.24, 2.45) is 0 Å². The summed E-state index contributed by atoms with van der Waals surface area (Å²) in [5, 5.41) is 4.66. The van der Waals surface area contributed by atoms with Crippen molar-refractivity contribution < 1.29 is 13.2 Å². The molecule has 0 saturated heterocycles. The van der Waals surface area contributed by atoms with Gasteiger partial charge in [0.1, 0.15) is 0 Å². The number of rotatable bonds is 6. The van der Waals surface area contributed by atoms with E-state index in [0.717, 1.165) is 33.2 Å². The Morgan fingerprint density at radius 2 is 1.81 bits per heavy atom. The molecular weight excluding hydrogens is 432 g/mol. The van der Waals surface area contributed by atoms with Gasteiger partial charge in [-0.3, -0.25) is 14.5 Å². The lowest BCUT2D eigenvalue weighted by Crippen LogP contribution is -2.29. The standard InChI is InChI=1S/C18H17BrN4O3S/c1-27(25,26)22-17(24)7-2-14-12-23(16-5-3-15(19)4-6-16)21-18(14)13-8-10-20-11-9-13/h3-6,8-12H,2,7H2,1H3,(H,22,24). The van der Waals surface area contributed by atoms with Gasteiger partial charge in [-0.25, -0.2) is 13.1 Å². The third kappa shape index (κ3) is 5.24. The van der Waals surface area contributed by atoms with Crippen LogP contribution in [0.3, 0.4) is 0 Å². The summed E-state index contributed by atoms with van der Waals surface area (Å²) in [6.07, 6.45) is 6.56. The molecule has 3 rings (SSSR count). The zero-order valence-electron chi connectivity index (χ0n) is 14.5. The summed E-state index contributed by atoms with van der Waals surface area (Å²) >= 11 is 3.41. The summed E-state index contributed by atoms with van der Waals surface area (Å²) in [7, 11) is -3.56. The van der Waals surface area contributed by atoms with Gasteiger partial charge in [0, 0.05) is 35.0 Å². The van der Waals surface area contributed by atoms with Crippen molar-refractivity contribution in [1.29, 1.82) is 0 Å². The molecule has 0 aliphatic carbocycles. The van der Waals surface area contributed by atoms with E-state index in [2.05, 4.69) is 26.0 Å². The molecule has 7 nitrogen and oxygen atoms in total. The number of hydrogen-bond acceptors (Lipinski definition) is 5. The molecule has 1 amide bonds. The number of carbonyl (C=O) groups is 1. The minimum Gasteiger partial charge on any atom is -0.274 e. The number of nitrogens with one attached hydrogen (secondary N) is 1. The number of nitrogens with zero attached hydrogens (tertiary/aromatic N) is 3. The number of hydrogen-bond donors (Lipinski definition) is 1. The number of benzene rings is 1.